The highest BCUT2D eigenvalue weighted by molar-refractivity contribution is 7.99. The zero-order valence-electron chi connectivity index (χ0n) is 17.1. The van der Waals surface area contributed by atoms with E-state index in [0.29, 0.717) is 11.5 Å². The fourth-order valence-corrected chi connectivity index (χ4v) is 3.82. The molecule has 9 heteroatoms. The smallest absolute Gasteiger partial charge is 0.335 e. The van der Waals surface area contributed by atoms with Gasteiger partial charge in [0, 0.05) is 5.75 Å². The zero-order chi connectivity index (χ0) is 22.8. The van der Waals surface area contributed by atoms with E-state index < -0.39 is 36.5 Å². The first-order chi connectivity index (χ1) is 14.9. The van der Waals surface area contributed by atoms with Crippen molar-refractivity contribution in [2.45, 2.75) is 18.5 Å². The normalized spacial score (nSPS) is 12.6. The lowest BCUT2D eigenvalue weighted by molar-refractivity contribution is -0.146. The van der Waals surface area contributed by atoms with E-state index in [-0.39, 0.29) is 5.56 Å². The molecule has 0 aliphatic carbocycles. The van der Waals surface area contributed by atoms with Crippen LogP contribution in [0, 0.1) is 0 Å². The lowest BCUT2D eigenvalue weighted by Crippen LogP contribution is -2.51. The number of amides is 1. The maximum atomic E-state index is 12.1. The molecule has 0 fully saturated rings. The predicted octanol–water partition coefficient (Wildman–Crippen LogP) is 1.30. The highest BCUT2D eigenvalue weighted by atomic mass is 32.2. The number of aliphatic hydroxyl groups is 1. The first kappa shape index (κ1) is 24.4. The van der Waals surface area contributed by atoms with Crippen LogP contribution in [0.4, 0.5) is 0 Å². The summed E-state index contributed by atoms with van der Waals surface area (Å²) < 4.78 is 4.51. The van der Waals surface area contributed by atoms with Crippen molar-refractivity contribution in [2.75, 3.05) is 25.2 Å². The number of hydrogen-bond donors (Lipinski definition) is 4. The minimum atomic E-state index is -1.13. The summed E-state index contributed by atoms with van der Waals surface area (Å²) in [6.45, 7) is -0.567. The number of nitrogens with one attached hydrogen (secondary N) is 1. The number of aliphatic hydroxyl groups excluding tert-OH is 1. The number of rotatable bonds is 11. The maximum absolute atomic E-state index is 12.1. The third-order valence-corrected chi connectivity index (χ3v) is 5.68. The molecule has 0 unspecified atom stereocenters. The molecule has 5 N–H and O–H groups in total. The number of methoxy groups -OCH3 is 1. The minimum absolute atomic E-state index is 0.236. The SMILES string of the molecule is COC(=O)[C@H](CO)NC(=O)[C@@H](N)CSCCc1ccccc1-c1ccc(C(=O)O)cc1. The van der Waals surface area contributed by atoms with E-state index in [4.69, 9.17) is 15.9 Å². The van der Waals surface area contributed by atoms with Crippen LogP contribution in [0.1, 0.15) is 15.9 Å². The van der Waals surface area contributed by atoms with Gasteiger partial charge < -0.3 is 26.0 Å². The van der Waals surface area contributed by atoms with Gasteiger partial charge in [-0.3, -0.25) is 4.79 Å². The standard InChI is InChI=1S/C22H26N2O6S/c1-30-22(29)19(12-25)24-20(26)18(23)13-31-11-10-14-4-2-3-5-17(14)15-6-8-16(9-7-15)21(27)28/h2-9,18-19,25H,10-13,23H2,1H3,(H,24,26)(H,27,28)/t18-,19-/m0/s1. The molecule has 2 rings (SSSR count). The Kier molecular flexibility index (Phi) is 9.51. The third-order valence-electron chi connectivity index (χ3n) is 4.59. The molecule has 2 atom stereocenters. The predicted molar refractivity (Wildman–Crippen MR) is 119 cm³/mol. The average molecular weight is 447 g/mol. The van der Waals surface area contributed by atoms with Crippen LogP contribution in [0.15, 0.2) is 48.5 Å². The van der Waals surface area contributed by atoms with Crippen molar-refractivity contribution in [1.29, 1.82) is 0 Å². The molecule has 0 saturated carbocycles. The van der Waals surface area contributed by atoms with E-state index >= 15 is 0 Å². The van der Waals surface area contributed by atoms with Gasteiger partial charge in [-0.05, 0) is 41.0 Å². The Morgan fingerprint density at radius 3 is 2.42 bits per heavy atom. The summed E-state index contributed by atoms with van der Waals surface area (Å²) in [5.41, 5.74) is 9.17. The summed E-state index contributed by atoms with van der Waals surface area (Å²) >= 11 is 1.50. The lowest BCUT2D eigenvalue weighted by atomic mass is 9.97. The molecule has 166 valence electrons. The van der Waals surface area contributed by atoms with Gasteiger partial charge in [-0.1, -0.05) is 36.4 Å². The maximum Gasteiger partial charge on any atom is 0.335 e. The molecule has 0 aromatic heterocycles. The Hall–Kier alpha value is -2.88. The second kappa shape index (κ2) is 12.1. The molecule has 2 aromatic carbocycles. The highest BCUT2D eigenvalue weighted by Crippen LogP contribution is 2.25. The molecule has 0 aliphatic rings. The van der Waals surface area contributed by atoms with Crippen molar-refractivity contribution in [3.05, 3.63) is 59.7 Å². The largest absolute Gasteiger partial charge is 0.478 e. The molecule has 0 bridgehead atoms. The molecule has 31 heavy (non-hydrogen) atoms. The van der Waals surface area contributed by atoms with E-state index in [2.05, 4.69) is 10.1 Å². The van der Waals surface area contributed by atoms with Gasteiger partial charge in [0.1, 0.15) is 0 Å². The Morgan fingerprint density at radius 1 is 1.13 bits per heavy atom. The first-order valence-corrected chi connectivity index (χ1v) is 10.8. The van der Waals surface area contributed by atoms with Gasteiger partial charge in [0.05, 0.1) is 25.3 Å². The van der Waals surface area contributed by atoms with Gasteiger partial charge in [-0.2, -0.15) is 11.8 Å². The van der Waals surface area contributed by atoms with Crippen LogP contribution in [-0.4, -0.2) is 65.4 Å². The lowest BCUT2D eigenvalue weighted by Gasteiger charge is -2.17. The van der Waals surface area contributed by atoms with Crippen LogP contribution >= 0.6 is 11.8 Å². The number of carboxylic acid groups (broad SMARTS) is 1. The van der Waals surface area contributed by atoms with Crippen LogP contribution in [0.25, 0.3) is 11.1 Å². The number of aromatic carboxylic acids is 1. The molecule has 0 heterocycles. The Morgan fingerprint density at radius 2 is 1.81 bits per heavy atom. The number of esters is 1. The number of carbonyl (C=O) groups excluding carboxylic acids is 2. The molecule has 0 radical (unpaired) electrons. The van der Waals surface area contributed by atoms with E-state index in [1.54, 1.807) is 24.3 Å². The summed E-state index contributed by atoms with van der Waals surface area (Å²) in [5.74, 6) is -1.17. The topological polar surface area (TPSA) is 139 Å². The number of thioether (sulfide) groups is 1. The van der Waals surface area contributed by atoms with Crippen LogP contribution in [0.3, 0.4) is 0 Å². The number of nitrogens with two attached hydrogens (primary N) is 1. The van der Waals surface area contributed by atoms with E-state index in [1.807, 2.05) is 24.3 Å². The minimum Gasteiger partial charge on any atom is -0.478 e. The molecule has 0 saturated heterocycles. The number of hydrogen-bond acceptors (Lipinski definition) is 7. The molecular weight excluding hydrogens is 420 g/mol. The average Bonchev–Trinajstić information content (AvgIpc) is 2.79. The second-order valence-electron chi connectivity index (χ2n) is 6.74. The molecule has 0 spiro atoms. The second-order valence-corrected chi connectivity index (χ2v) is 7.89. The van der Waals surface area contributed by atoms with Crippen LogP contribution in [-0.2, 0) is 20.7 Å². The van der Waals surface area contributed by atoms with Crippen LogP contribution < -0.4 is 11.1 Å². The Labute approximate surface area is 184 Å². The monoisotopic (exact) mass is 446 g/mol. The fraction of sp³-hybridized carbons (Fsp3) is 0.318. The summed E-state index contributed by atoms with van der Waals surface area (Å²) in [6, 6.07) is 12.6. The Bertz CT molecular complexity index is 903. The third kappa shape index (κ3) is 7.09. The number of carbonyl (C=O) groups is 3. The van der Waals surface area contributed by atoms with Crippen LogP contribution in [0.2, 0.25) is 0 Å². The molecule has 1 amide bonds. The van der Waals surface area contributed by atoms with Crippen LogP contribution in [0.5, 0.6) is 0 Å². The van der Waals surface area contributed by atoms with Gasteiger partial charge in [0.2, 0.25) is 5.91 Å². The summed E-state index contributed by atoms with van der Waals surface area (Å²) in [4.78, 5) is 34.6. The quantitative estimate of drug-likeness (QED) is 0.299. The van der Waals surface area contributed by atoms with E-state index in [1.165, 1.54) is 18.9 Å². The molecular formula is C22H26N2O6S. The van der Waals surface area contributed by atoms with E-state index in [0.717, 1.165) is 23.1 Å². The number of benzene rings is 2. The molecule has 8 nitrogen and oxygen atoms in total. The Balaban J connectivity index is 1.89. The van der Waals surface area contributed by atoms with Crippen molar-refractivity contribution in [3.63, 3.8) is 0 Å². The van der Waals surface area contributed by atoms with Crippen molar-refractivity contribution < 1.29 is 29.3 Å². The summed E-state index contributed by atoms with van der Waals surface area (Å²) in [7, 11) is 1.17. The van der Waals surface area contributed by atoms with Gasteiger partial charge in [0.15, 0.2) is 6.04 Å². The van der Waals surface area contributed by atoms with Gasteiger partial charge >= 0.3 is 11.9 Å². The first-order valence-electron chi connectivity index (χ1n) is 9.61. The van der Waals surface area contributed by atoms with Gasteiger partial charge in [-0.25, -0.2) is 9.59 Å². The number of ether oxygens (including phenoxy) is 1. The number of carboxylic acids is 1. The zero-order valence-corrected chi connectivity index (χ0v) is 17.9. The van der Waals surface area contributed by atoms with Crippen molar-refractivity contribution in [1.82, 2.24) is 5.32 Å². The molecule has 2 aromatic rings. The fourth-order valence-electron chi connectivity index (χ4n) is 2.88. The van der Waals surface area contributed by atoms with E-state index in [9.17, 15) is 14.4 Å². The van der Waals surface area contributed by atoms with Crippen molar-refractivity contribution >= 4 is 29.6 Å². The summed E-state index contributed by atoms with van der Waals surface area (Å²) in [5, 5.41) is 20.6. The van der Waals surface area contributed by atoms with Gasteiger partial charge in [-0.15, -0.1) is 0 Å². The summed E-state index contributed by atoms with van der Waals surface area (Å²) in [6.07, 6.45) is 0.733. The van der Waals surface area contributed by atoms with Crippen molar-refractivity contribution in [3.8, 4) is 11.1 Å². The van der Waals surface area contributed by atoms with Gasteiger partial charge in [0.25, 0.3) is 0 Å². The highest BCUT2D eigenvalue weighted by Gasteiger charge is 2.23. The molecule has 0 aliphatic heterocycles. The number of aryl methyl sites for hydroxylation is 1. The van der Waals surface area contributed by atoms with Crippen molar-refractivity contribution in [2.24, 2.45) is 5.73 Å².